The van der Waals surface area contributed by atoms with E-state index in [9.17, 15) is 18.0 Å². The van der Waals surface area contributed by atoms with E-state index in [0.717, 1.165) is 28.8 Å². The summed E-state index contributed by atoms with van der Waals surface area (Å²) < 4.78 is 45.6. The fourth-order valence-corrected chi connectivity index (χ4v) is 3.93. The van der Waals surface area contributed by atoms with Gasteiger partial charge in [0.15, 0.2) is 0 Å². The zero-order chi connectivity index (χ0) is 24.4. The number of morpholine rings is 1. The Kier molecular flexibility index (Phi) is 6.12. The summed E-state index contributed by atoms with van der Waals surface area (Å²) in [5.74, 6) is 0.351. The Bertz CT molecular complexity index is 1330. The fourth-order valence-electron chi connectivity index (χ4n) is 3.93. The molecule has 0 saturated carbocycles. The van der Waals surface area contributed by atoms with E-state index in [-0.39, 0.29) is 11.9 Å². The van der Waals surface area contributed by atoms with Gasteiger partial charge in [-0.2, -0.15) is 18.2 Å². The van der Waals surface area contributed by atoms with Crippen molar-refractivity contribution < 1.29 is 22.7 Å². The van der Waals surface area contributed by atoms with Gasteiger partial charge in [-0.1, -0.05) is 12.1 Å². The van der Waals surface area contributed by atoms with Crippen molar-refractivity contribution in [3.63, 3.8) is 0 Å². The lowest BCUT2D eigenvalue weighted by Crippen LogP contribution is -2.41. The van der Waals surface area contributed by atoms with Crippen LogP contribution in [0.1, 0.15) is 11.1 Å². The van der Waals surface area contributed by atoms with Gasteiger partial charge in [0.1, 0.15) is 5.65 Å². The lowest BCUT2D eigenvalue weighted by molar-refractivity contribution is -0.137. The van der Waals surface area contributed by atoms with Crippen molar-refractivity contribution >= 4 is 28.6 Å². The zero-order valence-electron chi connectivity index (χ0n) is 18.6. The highest BCUT2D eigenvalue weighted by molar-refractivity contribution is 5.80. The van der Waals surface area contributed by atoms with Crippen LogP contribution in [0, 0.1) is 0 Å². The number of carbonyl (C=O) groups excluding carboxylic acids is 1. The standard InChI is InChI=1S/C25H22F3N5O2/c26-25(27,28)19-3-5-20(6-4-19)30-24-29-16-18-9-10-33(23(18)31-24)21-7-1-17(2-8-21)15-22(34)32-11-13-35-14-12-32/h1-10,16H,11-15H2,(H,29,30,31). The molecule has 0 atom stereocenters. The lowest BCUT2D eigenvalue weighted by Gasteiger charge is -2.26. The second-order valence-corrected chi connectivity index (χ2v) is 8.19. The zero-order valence-corrected chi connectivity index (χ0v) is 18.6. The van der Waals surface area contributed by atoms with Crippen LogP contribution in [0.25, 0.3) is 16.7 Å². The smallest absolute Gasteiger partial charge is 0.378 e. The maximum Gasteiger partial charge on any atom is 0.416 e. The third kappa shape index (κ3) is 5.12. The summed E-state index contributed by atoms with van der Waals surface area (Å²) >= 11 is 0. The molecule has 1 aliphatic rings. The molecule has 1 aliphatic heterocycles. The number of benzene rings is 2. The van der Waals surface area contributed by atoms with Crippen LogP contribution in [0.15, 0.2) is 67.0 Å². The molecule has 1 fully saturated rings. The average Bonchev–Trinajstić information content (AvgIpc) is 3.28. The fraction of sp³-hybridized carbons (Fsp3) is 0.240. The number of nitrogens with zero attached hydrogens (tertiary/aromatic N) is 4. The van der Waals surface area contributed by atoms with Gasteiger partial charge in [-0.05, 0) is 48.0 Å². The molecule has 0 unspecified atom stereocenters. The van der Waals surface area contributed by atoms with E-state index in [1.54, 1.807) is 6.20 Å². The first-order valence-corrected chi connectivity index (χ1v) is 11.1. The number of hydrogen-bond acceptors (Lipinski definition) is 5. The van der Waals surface area contributed by atoms with Crippen LogP contribution in [0.5, 0.6) is 0 Å². The Morgan fingerprint density at radius 3 is 2.40 bits per heavy atom. The van der Waals surface area contributed by atoms with E-state index in [0.29, 0.717) is 44.1 Å². The molecule has 0 aliphatic carbocycles. The number of aromatic nitrogens is 3. The van der Waals surface area contributed by atoms with Crippen LogP contribution in [0.3, 0.4) is 0 Å². The molecule has 0 radical (unpaired) electrons. The lowest BCUT2D eigenvalue weighted by atomic mass is 10.1. The summed E-state index contributed by atoms with van der Waals surface area (Å²) in [5, 5.41) is 3.77. The van der Waals surface area contributed by atoms with Crippen molar-refractivity contribution in [1.82, 2.24) is 19.4 Å². The Morgan fingerprint density at radius 1 is 1.00 bits per heavy atom. The molecule has 1 saturated heterocycles. The number of alkyl halides is 3. The third-order valence-electron chi connectivity index (χ3n) is 5.83. The number of carbonyl (C=O) groups is 1. The van der Waals surface area contributed by atoms with Gasteiger partial charge in [-0.15, -0.1) is 0 Å². The molecule has 4 aromatic rings. The first-order chi connectivity index (χ1) is 16.9. The molecule has 10 heteroatoms. The number of anilines is 2. The number of fused-ring (bicyclic) bond motifs is 1. The second-order valence-electron chi connectivity index (χ2n) is 8.19. The van der Waals surface area contributed by atoms with Crippen molar-refractivity contribution in [3.8, 4) is 5.69 Å². The van der Waals surface area contributed by atoms with Gasteiger partial charge >= 0.3 is 6.18 Å². The number of halogens is 3. The second kappa shape index (κ2) is 9.38. The van der Waals surface area contributed by atoms with Crippen molar-refractivity contribution in [3.05, 3.63) is 78.1 Å². The highest BCUT2D eigenvalue weighted by Crippen LogP contribution is 2.30. The van der Waals surface area contributed by atoms with E-state index in [1.165, 1.54) is 12.1 Å². The molecule has 7 nitrogen and oxygen atoms in total. The van der Waals surface area contributed by atoms with Crippen molar-refractivity contribution in [2.45, 2.75) is 12.6 Å². The Labute approximate surface area is 199 Å². The summed E-state index contributed by atoms with van der Waals surface area (Å²) in [6, 6.07) is 14.3. The number of amides is 1. The predicted octanol–water partition coefficient (Wildman–Crippen LogP) is 4.58. The molecular weight excluding hydrogens is 459 g/mol. The normalized spacial score (nSPS) is 14.3. The number of nitrogens with one attached hydrogen (secondary N) is 1. The van der Waals surface area contributed by atoms with Gasteiger partial charge in [-0.3, -0.25) is 4.79 Å². The van der Waals surface area contributed by atoms with Gasteiger partial charge in [-0.25, -0.2) is 4.98 Å². The maximum absolute atomic E-state index is 12.8. The van der Waals surface area contributed by atoms with E-state index in [4.69, 9.17) is 4.74 Å². The van der Waals surface area contributed by atoms with Crippen LogP contribution in [0.2, 0.25) is 0 Å². The molecule has 2 aromatic heterocycles. The summed E-state index contributed by atoms with van der Waals surface area (Å²) in [4.78, 5) is 23.1. The van der Waals surface area contributed by atoms with Crippen molar-refractivity contribution in [2.24, 2.45) is 0 Å². The molecule has 3 heterocycles. The van der Waals surface area contributed by atoms with Crippen LogP contribution in [0.4, 0.5) is 24.8 Å². The van der Waals surface area contributed by atoms with Gasteiger partial charge in [0.05, 0.1) is 25.2 Å². The largest absolute Gasteiger partial charge is 0.416 e. The van der Waals surface area contributed by atoms with Crippen molar-refractivity contribution in [1.29, 1.82) is 0 Å². The average molecular weight is 481 g/mol. The number of rotatable bonds is 5. The molecule has 5 rings (SSSR count). The van der Waals surface area contributed by atoms with Crippen LogP contribution < -0.4 is 5.32 Å². The van der Waals surface area contributed by atoms with Crippen molar-refractivity contribution in [2.75, 3.05) is 31.6 Å². The maximum atomic E-state index is 12.8. The molecular formula is C25H22F3N5O2. The van der Waals surface area contributed by atoms with Crippen LogP contribution >= 0.6 is 0 Å². The monoisotopic (exact) mass is 481 g/mol. The molecule has 1 amide bonds. The van der Waals surface area contributed by atoms with E-state index < -0.39 is 11.7 Å². The Morgan fingerprint density at radius 2 is 1.71 bits per heavy atom. The summed E-state index contributed by atoms with van der Waals surface area (Å²) in [6.07, 6.45) is -0.536. The molecule has 2 aromatic carbocycles. The predicted molar refractivity (Wildman–Crippen MR) is 125 cm³/mol. The first-order valence-electron chi connectivity index (χ1n) is 11.1. The molecule has 1 N–H and O–H groups in total. The molecule has 180 valence electrons. The Hall–Kier alpha value is -3.92. The third-order valence-corrected chi connectivity index (χ3v) is 5.83. The first kappa shape index (κ1) is 22.9. The quantitative estimate of drug-likeness (QED) is 0.452. The summed E-state index contributed by atoms with van der Waals surface area (Å²) in [7, 11) is 0. The van der Waals surface area contributed by atoms with Crippen LogP contribution in [-0.4, -0.2) is 51.6 Å². The number of ether oxygens (including phenoxy) is 1. The topological polar surface area (TPSA) is 72.3 Å². The van der Waals surface area contributed by atoms with Gasteiger partial charge in [0.25, 0.3) is 0 Å². The molecule has 0 spiro atoms. The summed E-state index contributed by atoms with van der Waals surface area (Å²) in [6.45, 7) is 2.38. The van der Waals surface area contributed by atoms with E-state index in [1.807, 2.05) is 46.0 Å². The SMILES string of the molecule is O=C(Cc1ccc(-n2ccc3cnc(Nc4ccc(C(F)(F)F)cc4)nc32)cc1)N1CCOCC1. The van der Waals surface area contributed by atoms with Crippen LogP contribution in [-0.2, 0) is 22.1 Å². The highest BCUT2D eigenvalue weighted by atomic mass is 19.4. The minimum atomic E-state index is -4.39. The van der Waals surface area contributed by atoms with Gasteiger partial charge in [0, 0.05) is 42.2 Å². The van der Waals surface area contributed by atoms with E-state index in [2.05, 4.69) is 15.3 Å². The molecule has 35 heavy (non-hydrogen) atoms. The van der Waals surface area contributed by atoms with E-state index >= 15 is 0 Å². The van der Waals surface area contributed by atoms with Gasteiger partial charge < -0.3 is 19.5 Å². The minimum absolute atomic E-state index is 0.0826. The van der Waals surface area contributed by atoms with Gasteiger partial charge in [0.2, 0.25) is 11.9 Å². The number of hydrogen-bond donors (Lipinski definition) is 1. The minimum Gasteiger partial charge on any atom is -0.378 e. The highest BCUT2D eigenvalue weighted by Gasteiger charge is 2.30. The summed E-state index contributed by atoms with van der Waals surface area (Å²) in [5.41, 5.74) is 2.16. The molecule has 0 bridgehead atoms. The Balaban J connectivity index is 1.32.